The van der Waals surface area contributed by atoms with Crippen LogP contribution in [0.25, 0.3) is 0 Å². The number of benzene rings is 2. The number of carbonyl (C=O) groups excluding carboxylic acids is 3. The number of aryl methyl sites for hydroxylation is 1. The Morgan fingerprint density at radius 1 is 0.980 bits per heavy atom. The van der Waals surface area contributed by atoms with Crippen LogP contribution < -0.4 is 25.4 Å². The van der Waals surface area contributed by atoms with E-state index >= 15 is 0 Å². The maximum Gasteiger partial charge on any atom is 0.243 e. The van der Waals surface area contributed by atoms with Gasteiger partial charge in [0, 0.05) is 32.5 Å². The highest BCUT2D eigenvalue weighted by Crippen LogP contribution is 2.28. The molecule has 2 heterocycles. The maximum absolute atomic E-state index is 13.7. The highest BCUT2D eigenvalue weighted by atomic mass is 32.2. The van der Waals surface area contributed by atoms with Gasteiger partial charge in [0.15, 0.2) is 17.3 Å². The van der Waals surface area contributed by atoms with E-state index in [2.05, 4.69) is 21.0 Å². The van der Waals surface area contributed by atoms with Crippen LogP contribution >= 0.6 is 0 Å². The first kappa shape index (κ1) is 38.3. The van der Waals surface area contributed by atoms with E-state index in [0.29, 0.717) is 48.0 Å². The van der Waals surface area contributed by atoms with Crippen molar-refractivity contribution in [2.75, 3.05) is 33.9 Å². The van der Waals surface area contributed by atoms with Gasteiger partial charge in [0.05, 0.1) is 25.2 Å². The summed E-state index contributed by atoms with van der Waals surface area (Å²) < 4.78 is 41.1. The van der Waals surface area contributed by atoms with E-state index in [4.69, 9.17) is 14.5 Å². The zero-order valence-corrected chi connectivity index (χ0v) is 30.5. The van der Waals surface area contributed by atoms with E-state index in [0.717, 1.165) is 5.56 Å². The van der Waals surface area contributed by atoms with Crippen molar-refractivity contribution in [1.29, 1.82) is 0 Å². The Balaban J connectivity index is 1.63. The van der Waals surface area contributed by atoms with Gasteiger partial charge < -0.3 is 25.4 Å². The van der Waals surface area contributed by atoms with Crippen LogP contribution in [0.2, 0.25) is 0 Å². The van der Waals surface area contributed by atoms with E-state index in [1.807, 2.05) is 26.0 Å². The highest BCUT2D eigenvalue weighted by Gasteiger charge is 2.30. The van der Waals surface area contributed by atoms with Crippen LogP contribution in [0.3, 0.4) is 0 Å². The van der Waals surface area contributed by atoms with Gasteiger partial charge in [-0.1, -0.05) is 44.5 Å². The van der Waals surface area contributed by atoms with E-state index < -0.39 is 28.0 Å². The van der Waals surface area contributed by atoms with E-state index in [1.54, 1.807) is 58.4 Å². The number of fused-ring (bicyclic) bond motifs is 1. The zero-order valence-electron chi connectivity index (χ0n) is 29.7. The summed E-state index contributed by atoms with van der Waals surface area (Å²) in [6, 6.07) is 10.7. The van der Waals surface area contributed by atoms with Crippen molar-refractivity contribution in [2.45, 2.75) is 83.3 Å². The molecule has 1 aliphatic heterocycles. The van der Waals surface area contributed by atoms with Gasteiger partial charge >= 0.3 is 0 Å². The number of nitrogens with one attached hydrogen (secondary N) is 3. The van der Waals surface area contributed by atoms with Crippen molar-refractivity contribution in [3.8, 4) is 11.5 Å². The Kier molecular flexibility index (Phi) is 13.4. The lowest BCUT2D eigenvalue weighted by Gasteiger charge is -2.26. The summed E-state index contributed by atoms with van der Waals surface area (Å²) in [6.07, 6.45) is 1.57. The van der Waals surface area contributed by atoms with Crippen molar-refractivity contribution >= 4 is 27.7 Å². The van der Waals surface area contributed by atoms with E-state index in [-0.39, 0.29) is 61.6 Å². The average molecular weight is 712 g/mol. The van der Waals surface area contributed by atoms with Crippen molar-refractivity contribution < 1.29 is 32.3 Å². The van der Waals surface area contributed by atoms with Crippen LogP contribution in [0.1, 0.15) is 75.3 Å². The lowest BCUT2D eigenvalue weighted by Crippen LogP contribution is -2.51. The van der Waals surface area contributed by atoms with Crippen molar-refractivity contribution in [1.82, 2.24) is 35.0 Å². The monoisotopic (exact) mass is 711 g/mol. The first-order valence-corrected chi connectivity index (χ1v) is 18.4. The SMILES string of the molecule is CC[C@H](C)[C@@H]1NC(=O)CCCN(S(=O)(=O)c2ccccc2C)CCCNC(=O)Cn2nc(Cc3ccc(OC)c(OC)c3)nc2[C@@H](C)NC1=O. The summed E-state index contributed by atoms with van der Waals surface area (Å²) in [5, 5.41) is 13.3. The molecule has 0 bridgehead atoms. The van der Waals surface area contributed by atoms with E-state index in [1.165, 1.54) is 8.99 Å². The number of amides is 3. The predicted octanol–water partition coefficient (Wildman–Crippen LogP) is 2.89. The van der Waals surface area contributed by atoms with Gasteiger partial charge in [-0.05, 0) is 61.9 Å². The van der Waals surface area contributed by atoms with Gasteiger partial charge in [0.25, 0.3) is 0 Å². The minimum Gasteiger partial charge on any atom is -0.493 e. The van der Waals surface area contributed by atoms with Crippen LogP contribution in [0.4, 0.5) is 0 Å². The average Bonchev–Trinajstić information content (AvgIpc) is 3.48. The second kappa shape index (κ2) is 17.4. The number of hydrogen-bond acceptors (Lipinski definition) is 9. The zero-order chi connectivity index (χ0) is 36.4. The summed E-state index contributed by atoms with van der Waals surface area (Å²) in [6.45, 7) is 7.58. The molecule has 14 nitrogen and oxygen atoms in total. The third-order valence-electron chi connectivity index (χ3n) is 8.84. The molecule has 0 radical (unpaired) electrons. The van der Waals surface area contributed by atoms with Crippen LogP contribution in [0, 0.1) is 12.8 Å². The maximum atomic E-state index is 13.7. The molecule has 0 unspecified atom stereocenters. The third kappa shape index (κ3) is 9.59. The normalized spacial score (nSPS) is 19.6. The van der Waals surface area contributed by atoms with Crippen molar-refractivity contribution in [3.05, 3.63) is 65.2 Å². The summed E-state index contributed by atoms with van der Waals surface area (Å²) >= 11 is 0. The van der Waals surface area contributed by atoms with Gasteiger partial charge in [0.1, 0.15) is 18.4 Å². The number of carbonyl (C=O) groups is 3. The van der Waals surface area contributed by atoms with Gasteiger partial charge in [-0.3, -0.25) is 14.4 Å². The molecule has 15 heteroatoms. The molecule has 3 N–H and O–H groups in total. The molecule has 3 atom stereocenters. The number of rotatable bonds is 8. The van der Waals surface area contributed by atoms with Crippen LogP contribution in [0.15, 0.2) is 47.4 Å². The molecular weight excluding hydrogens is 662 g/mol. The molecule has 50 heavy (non-hydrogen) atoms. The molecule has 0 spiro atoms. The second-order valence-electron chi connectivity index (χ2n) is 12.5. The van der Waals surface area contributed by atoms with Crippen LogP contribution in [-0.4, -0.2) is 85.1 Å². The molecule has 3 amide bonds. The molecule has 0 fully saturated rings. The Morgan fingerprint density at radius 3 is 2.40 bits per heavy atom. The number of sulfonamides is 1. The number of nitrogens with zero attached hydrogens (tertiary/aromatic N) is 4. The summed E-state index contributed by atoms with van der Waals surface area (Å²) in [5.74, 6) is 0.649. The Labute approximate surface area is 294 Å². The number of methoxy groups -OCH3 is 2. The molecule has 272 valence electrons. The van der Waals surface area contributed by atoms with Gasteiger partial charge in [0.2, 0.25) is 27.7 Å². The van der Waals surface area contributed by atoms with Gasteiger partial charge in [-0.25, -0.2) is 18.1 Å². The van der Waals surface area contributed by atoms with Crippen molar-refractivity contribution in [2.24, 2.45) is 5.92 Å². The Hall–Kier alpha value is -4.50. The molecule has 1 aliphatic rings. The van der Waals surface area contributed by atoms with Gasteiger partial charge in [-0.15, -0.1) is 0 Å². The highest BCUT2D eigenvalue weighted by molar-refractivity contribution is 7.89. The number of ether oxygens (including phenoxy) is 2. The first-order valence-electron chi connectivity index (χ1n) is 16.9. The molecule has 0 saturated carbocycles. The number of aromatic nitrogens is 3. The van der Waals surface area contributed by atoms with Crippen LogP contribution in [-0.2, 0) is 37.4 Å². The van der Waals surface area contributed by atoms with Crippen molar-refractivity contribution in [3.63, 3.8) is 0 Å². The fourth-order valence-corrected chi connectivity index (χ4v) is 7.57. The second-order valence-corrected chi connectivity index (χ2v) is 14.5. The minimum atomic E-state index is -3.88. The molecule has 0 aliphatic carbocycles. The molecule has 3 aromatic rings. The topological polar surface area (TPSA) is 174 Å². The predicted molar refractivity (Wildman–Crippen MR) is 187 cm³/mol. The van der Waals surface area contributed by atoms with Gasteiger partial charge in [-0.2, -0.15) is 9.40 Å². The molecule has 1 aromatic heterocycles. The summed E-state index contributed by atoms with van der Waals surface area (Å²) in [5.41, 5.74) is 1.46. The van der Waals surface area contributed by atoms with Crippen LogP contribution in [0.5, 0.6) is 11.5 Å². The smallest absolute Gasteiger partial charge is 0.243 e. The summed E-state index contributed by atoms with van der Waals surface area (Å²) in [7, 11) is -0.770. The number of hydrogen-bond donors (Lipinski definition) is 3. The minimum absolute atomic E-state index is 0.0279. The molecular formula is C35H49N7O7S. The van der Waals surface area contributed by atoms with E-state index in [9.17, 15) is 22.8 Å². The fraction of sp³-hybridized carbons (Fsp3) is 0.514. The Bertz CT molecular complexity index is 1760. The molecule has 0 saturated heterocycles. The standard InChI is InChI=1S/C35H49N7O7S/c1-7-23(2)33-35(45)37-25(4)34-38-30(21-26-15-16-27(48-5)28(20-26)49-6)40-42(34)22-32(44)36-17-11-19-41(18-10-14-31(43)39-33)50(46,47)29-13-9-8-12-24(29)3/h8-9,12-13,15-16,20,23,25,33H,7,10-11,14,17-19,21-22H2,1-6H3,(H,36,44)(H,37,45)(H,39,43)/t23-,25+,33-/m0/s1. The summed E-state index contributed by atoms with van der Waals surface area (Å²) in [4.78, 5) is 44.9. The first-order chi connectivity index (χ1) is 23.9. The lowest BCUT2D eigenvalue weighted by atomic mass is 9.97. The lowest BCUT2D eigenvalue weighted by molar-refractivity contribution is -0.130. The molecule has 2 aromatic carbocycles. The largest absolute Gasteiger partial charge is 0.493 e. The molecule has 4 rings (SSSR count). The Morgan fingerprint density at radius 2 is 1.70 bits per heavy atom. The third-order valence-corrected chi connectivity index (χ3v) is 10.9. The quantitative estimate of drug-likeness (QED) is 0.318. The fourth-order valence-electron chi connectivity index (χ4n) is 5.83.